The molecule has 0 aliphatic rings. The van der Waals surface area contributed by atoms with Crippen molar-refractivity contribution in [3.05, 3.63) is 54.2 Å². The van der Waals surface area contributed by atoms with E-state index in [9.17, 15) is 4.79 Å². The first-order valence-corrected chi connectivity index (χ1v) is 6.50. The molecule has 5 nitrogen and oxygen atoms in total. The van der Waals surface area contributed by atoms with Gasteiger partial charge in [-0.15, -0.1) is 0 Å². The molecule has 0 saturated carbocycles. The van der Waals surface area contributed by atoms with Gasteiger partial charge in [0.25, 0.3) is 5.91 Å². The minimum Gasteiger partial charge on any atom is -0.497 e. The van der Waals surface area contributed by atoms with Gasteiger partial charge >= 0.3 is 0 Å². The Hall–Kier alpha value is -2.95. The summed E-state index contributed by atoms with van der Waals surface area (Å²) in [5, 5.41) is 3.74. The molecular formula is C16H15N3O2. The number of para-hydroxylation sites is 2. The molecule has 0 radical (unpaired) electrons. The molecular weight excluding hydrogens is 266 g/mol. The van der Waals surface area contributed by atoms with Crippen molar-refractivity contribution in [3.63, 3.8) is 0 Å². The van der Waals surface area contributed by atoms with Crippen LogP contribution in [0.2, 0.25) is 0 Å². The fraction of sp³-hybridized carbons (Fsp3) is 0.0625. The summed E-state index contributed by atoms with van der Waals surface area (Å²) in [5.41, 5.74) is 8.27. The van der Waals surface area contributed by atoms with Gasteiger partial charge in [-0.05, 0) is 30.3 Å². The number of nitrogens with two attached hydrogens (primary N) is 1. The van der Waals surface area contributed by atoms with E-state index in [1.54, 1.807) is 25.3 Å². The molecule has 106 valence electrons. The van der Waals surface area contributed by atoms with Crippen LogP contribution < -0.4 is 15.8 Å². The Labute approximate surface area is 121 Å². The van der Waals surface area contributed by atoms with Crippen molar-refractivity contribution < 1.29 is 9.53 Å². The zero-order valence-corrected chi connectivity index (χ0v) is 11.5. The number of amides is 1. The second kappa shape index (κ2) is 5.20. The predicted octanol–water partition coefficient (Wildman–Crippen LogP) is 3.01. The van der Waals surface area contributed by atoms with Gasteiger partial charge in [0.05, 0.1) is 18.5 Å². The predicted molar refractivity (Wildman–Crippen MR) is 83.7 cm³/mol. The normalized spacial score (nSPS) is 10.5. The average Bonchev–Trinajstić information content (AvgIpc) is 2.92. The molecule has 0 bridgehead atoms. The minimum absolute atomic E-state index is 0.233. The third-order valence-corrected chi connectivity index (χ3v) is 3.28. The Bertz CT molecular complexity index is 808. The van der Waals surface area contributed by atoms with Gasteiger partial charge in [-0.3, -0.25) is 4.79 Å². The fourth-order valence-corrected chi connectivity index (χ4v) is 2.16. The topological polar surface area (TPSA) is 80.1 Å². The number of ether oxygens (including phenoxy) is 1. The zero-order valence-electron chi connectivity index (χ0n) is 11.5. The van der Waals surface area contributed by atoms with Gasteiger partial charge in [0.15, 0.2) is 0 Å². The van der Waals surface area contributed by atoms with Crippen LogP contribution in [0.5, 0.6) is 5.75 Å². The quantitative estimate of drug-likeness (QED) is 0.645. The highest BCUT2D eigenvalue weighted by Crippen LogP contribution is 2.22. The zero-order chi connectivity index (χ0) is 14.8. The van der Waals surface area contributed by atoms with Gasteiger partial charge in [0.2, 0.25) is 0 Å². The van der Waals surface area contributed by atoms with Crippen LogP contribution in [0.4, 0.5) is 11.4 Å². The van der Waals surface area contributed by atoms with Crippen LogP contribution in [0.15, 0.2) is 48.5 Å². The molecule has 5 heteroatoms. The molecule has 0 fully saturated rings. The van der Waals surface area contributed by atoms with Gasteiger partial charge in [-0.25, -0.2) is 0 Å². The maximum atomic E-state index is 12.3. The number of hydrogen-bond donors (Lipinski definition) is 3. The van der Waals surface area contributed by atoms with Crippen molar-refractivity contribution in [1.82, 2.24) is 4.98 Å². The molecule has 0 unspecified atom stereocenters. The van der Waals surface area contributed by atoms with Gasteiger partial charge in [-0.2, -0.15) is 0 Å². The Balaban J connectivity index is 1.89. The molecule has 1 aromatic heterocycles. The Morgan fingerprint density at radius 1 is 1.19 bits per heavy atom. The van der Waals surface area contributed by atoms with Crippen LogP contribution in [-0.2, 0) is 0 Å². The number of benzene rings is 2. The molecule has 0 aliphatic carbocycles. The average molecular weight is 281 g/mol. The van der Waals surface area contributed by atoms with E-state index in [1.165, 1.54) is 0 Å². The largest absolute Gasteiger partial charge is 0.497 e. The summed E-state index contributed by atoms with van der Waals surface area (Å²) in [4.78, 5) is 15.3. The second-order valence-corrected chi connectivity index (χ2v) is 4.68. The SMILES string of the molecule is COc1ccc2cc(C(=O)Nc3ccccc3N)[nH]c2c1. The Morgan fingerprint density at radius 2 is 2.00 bits per heavy atom. The number of aromatic amines is 1. The molecule has 4 N–H and O–H groups in total. The van der Waals surface area contributed by atoms with Crippen LogP contribution in [0.1, 0.15) is 10.5 Å². The second-order valence-electron chi connectivity index (χ2n) is 4.68. The van der Waals surface area contributed by atoms with E-state index in [4.69, 9.17) is 10.5 Å². The number of fused-ring (bicyclic) bond motifs is 1. The van der Waals surface area contributed by atoms with E-state index in [0.717, 1.165) is 16.7 Å². The number of carbonyl (C=O) groups excluding carboxylic acids is 1. The number of methoxy groups -OCH3 is 1. The van der Waals surface area contributed by atoms with Crippen molar-refractivity contribution in [2.75, 3.05) is 18.2 Å². The number of rotatable bonds is 3. The van der Waals surface area contributed by atoms with Crippen LogP contribution in [0.3, 0.4) is 0 Å². The lowest BCUT2D eigenvalue weighted by molar-refractivity contribution is 0.102. The van der Waals surface area contributed by atoms with E-state index in [0.29, 0.717) is 17.1 Å². The van der Waals surface area contributed by atoms with Crippen LogP contribution in [-0.4, -0.2) is 18.0 Å². The van der Waals surface area contributed by atoms with Crippen molar-refractivity contribution in [3.8, 4) is 5.75 Å². The molecule has 0 saturated heterocycles. The molecule has 0 spiro atoms. The van der Waals surface area contributed by atoms with E-state index >= 15 is 0 Å². The van der Waals surface area contributed by atoms with E-state index in [-0.39, 0.29) is 5.91 Å². The number of hydrogen-bond acceptors (Lipinski definition) is 3. The lowest BCUT2D eigenvalue weighted by Crippen LogP contribution is -2.13. The molecule has 0 aliphatic heterocycles. The molecule has 21 heavy (non-hydrogen) atoms. The molecule has 2 aromatic carbocycles. The summed E-state index contributed by atoms with van der Waals surface area (Å²) >= 11 is 0. The molecule has 3 aromatic rings. The standard InChI is InChI=1S/C16H15N3O2/c1-21-11-7-6-10-8-15(18-14(10)9-11)16(20)19-13-5-3-2-4-12(13)17/h2-9,18H,17H2,1H3,(H,19,20). The van der Waals surface area contributed by atoms with E-state index < -0.39 is 0 Å². The van der Waals surface area contributed by atoms with Gasteiger partial charge in [0, 0.05) is 17.0 Å². The third kappa shape index (κ3) is 2.53. The summed E-state index contributed by atoms with van der Waals surface area (Å²) in [5.74, 6) is 0.506. The van der Waals surface area contributed by atoms with Crippen molar-refractivity contribution >= 4 is 28.2 Å². The lowest BCUT2D eigenvalue weighted by Gasteiger charge is -2.06. The first-order valence-electron chi connectivity index (χ1n) is 6.50. The van der Waals surface area contributed by atoms with Gasteiger partial charge < -0.3 is 20.8 Å². The number of nitrogens with one attached hydrogen (secondary N) is 2. The Morgan fingerprint density at radius 3 is 2.76 bits per heavy atom. The highest BCUT2D eigenvalue weighted by Gasteiger charge is 2.11. The summed E-state index contributed by atoms with van der Waals surface area (Å²) in [7, 11) is 1.61. The highest BCUT2D eigenvalue weighted by molar-refractivity contribution is 6.07. The van der Waals surface area contributed by atoms with E-state index in [2.05, 4.69) is 10.3 Å². The molecule has 1 heterocycles. The van der Waals surface area contributed by atoms with Gasteiger partial charge in [-0.1, -0.05) is 12.1 Å². The maximum Gasteiger partial charge on any atom is 0.272 e. The summed E-state index contributed by atoms with van der Waals surface area (Å²) in [6, 6.07) is 14.5. The van der Waals surface area contributed by atoms with Crippen molar-refractivity contribution in [2.24, 2.45) is 0 Å². The number of carbonyl (C=O) groups is 1. The number of anilines is 2. The van der Waals surface area contributed by atoms with Crippen molar-refractivity contribution in [2.45, 2.75) is 0 Å². The van der Waals surface area contributed by atoms with Crippen LogP contribution >= 0.6 is 0 Å². The number of H-pyrrole nitrogens is 1. The van der Waals surface area contributed by atoms with Gasteiger partial charge in [0.1, 0.15) is 11.4 Å². The smallest absolute Gasteiger partial charge is 0.272 e. The first-order chi connectivity index (χ1) is 10.2. The van der Waals surface area contributed by atoms with E-state index in [1.807, 2.05) is 30.3 Å². The number of nitrogen functional groups attached to an aromatic ring is 1. The summed E-state index contributed by atoms with van der Waals surface area (Å²) in [6.07, 6.45) is 0. The summed E-state index contributed by atoms with van der Waals surface area (Å²) in [6.45, 7) is 0. The van der Waals surface area contributed by atoms with Crippen molar-refractivity contribution in [1.29, 1.82) is 0 Å². The molecule has 3 rings (SSSR count). The molecule has 1 amide bonds. The minimum atomic E-state index is -0.233. The lowest BCUT2D eigenvalue weighted by atomic mass is 10.2. The van der Waals surface area contributed by atoms with Crippen LogP contribution in [0.25, 0.3) is 10.9 Å². The van der Waals surface area contributed by atoms with Crippen LogP contribution in [0, 0.1) is 0 Å². The first kappa shape index (κ1) is 13.1. The fourth-order valence-electron chi connectivity index (χ4n) is 2.16. The number of aromatic nitrogens is 1. The maximum absolute atomic E-state index is 12.3. The third-order valence-electron chi connectivity index (χ3n) is 3.28. The summed E-state index contributed by atoms with van der Waals surface area (Å²) < 4.78 is 5.17. The Kier molecular flexibility index (Phi) is 3.23. The highest BCUT2D eigenvalue weighted by atomic mass is 16.5. The molecule has 0 atom stereocenters. The monoisotopic (exact) mass is 281 g/mol.